The zero-order valence-electron chi connectivity index (χ0n) is 37.1. The van der Waals surface area contributed by atoms with E-state index in [1.54, 1.807) is 12.1 Å². The first-order chi connectivity index (χ1) is 29.3. The molecule has 0 spiro atoms. The second-order valence-electron chi connectivity index (χ2n) is 17.9. The van der Waals surface area contributed by atoms with Gasteiger partial charge in [0.1, 0.15) is 12.1 Å². The Labute approximate surface area is 366 Å². The highest BCUT2D eigenvalue weighted by Crippen LogP contribution is 2.48. The van der Waals surface area contributed by atoms with E-state index in [-0.39, 0.29) is 53.7 Å². The van der Waals surface area contributed by atoms with Crippen molar-refractivity contribution >= 4 is 37.7 Å². The van der Waals surface area contributed by atoms with Gasteiger partial charge in [-0.25, -0.2) is 19.9 Å². The van der Waals surface area contributed by atoms with Crippen molar-refractivity contribution in [3.05, 3.63) is 120 Å². The number of carbonyl (C=O) groups excluding carboxylic acids is 4. The third-order valence-corrected chi connectivity index (χ3v) is 10.3. The van der Waals surface area contributed by atoms with Gasteiger partial charge >= 0.3 is 14.0 Å². The highest BCUT2D eigenvalue weighted by Gasteiger charge is 2.53. The van der Waals surface area contributed by atoms with E-state index >= 15 is 0 Å². The van der Waals surface area contributed by atoms with Gasteiger partial charge in [0.05, 0.1) is 5.94 Å². The minimum Gasteiger partial charge on any atom is -0.428 e. The van der Waals surface area contributed by atoms with Gasteiger partial charge in [-0.3, -0.25) is 19.2 Å². The van der Waals surface area contributed by atoms with Crippen LogP contribution in [0.3, 0.4) is 0 Å². The molecular weight excluding hydrogens is 786 g/mol. The molecule has 0 bridgehead atoms. The number of benzene rings is 2. The molecule has 330 valence electrons. The van der Waals surface area contributed by atoms with E-state index in [1.165, 1.54) is 24.8 Å². The Balaban J connectivity index is 0.000000278. The van der Waals surface area contributed by atoms with E-state index in [0.29, 0.717) is 18.8 Å². The molecule has 0 unspecified atom stereocenters. The van der Waals surface area contributed by atoms with E-state index in [9.17, 15) is 29.2 Å². The van der Waals surface area contributed by atoms with Crippen molar-refractivity contribution in [2.24, 2.45) is 11.8 Å². The van der Waals surface area contributed by atoms with Gasteiger partial charge in [-0.2, -0.15) is 0 Å². The summed E-state index contributed by atoms with van der Waals surface area (Å²) in [6.07, 6.45) is 8.57. The van der Waals surface area contributed by atoms with Crippen LogP contribution in [0.1, 0.15) is 107 Å². The average molecular weight is 849 g/mol. The van der Waals surface area contributed by atoms with Crippen LogP contribution in [0.25, 0.3) is 0 Å². The van der Waals surface area contributed by atoms with Crippen molar-refractivity contribution in [3.8, 4) is 0 Å². The molecule has 4 amide bonds. The molecule has 6 N–H and O–H groups in total. The maximum Gasteiger partial charge on any atom is 0.475 e. The number of rotatable bonds is 18. The molecule has 0 aliphatic carbocycles. The van der Waals surface area contributed by atoms with Crippen LogP contribution in [0, 0.1) is 11.8 Å². The molecular formula is C45H62B2N8O7. The molecule has 1 saturated heterocycles. The number of hydrogen-bond acceptors (Lipinski definition) is 11. The lowest BCUT2D eigenvalue weighted by Gasteiger charge is -2.32. The zero-order valence-corrected chi connectivity index (χ0v) is 37.1. The predicted octanol–water partition coefficient (Wildman–Crippen LogP) is 4.22. The number of amides is 4. The molecule has 0 saturated carbocycles. The molecule has 2 aromatic carbocycles. The molecule has 2 aromatic heterocycles. The van der Waals surface area contributed by atoms with Gasteiger partial charge in [0.15, 0.2) is 0 Å². The molecule has 3 heterocycles. The van der Waals surface area contributed by atoms with E-state index in [0.717, 1.165) is 24.0 Å². The average Bonchev–Trinajstić information content (AvgIpc) is 3.46. The molecule has 62 heavy (non-hydrogen) atoms. The van der Waals surface area contributed by atoms with Gasteiger partial charge in [0, 0.05) is 49.2 Å². The molecule has 1 aliphatic rings. The maximum atomic E-state index is 13.6. The number of carbonyl (C=O) groups is 4. The first kappa shape index (κ1) is 49.1. The SMILES string of the molecule is CC(C)C[C@H](NC(=O)[C@H](Cc1ccccc1)NC(=O)c1ncccn1)B(O)O.CC(C)C[C@H](NC(=O)[C@H](Cc1ccccc1)NC(=O)c1ncccn1)B1OC(C)(C)CC1(C)C. The van der Waals surface area contributed by atoms with E-state index < -0.39 is 42.9 Å². The smallest absolute Gasteiger partial charge is 0.428 e. The molecule has 17 heteroatoms. The maximum absolute atomic E-state index is 13.6. The molecule has 5 rings (SSSR count). The van der Waals surface area contributed by atoms with E-state index in [4.69, 9.17) is 4.65 Å². The van der Waals surface area contributed by atoms with Crippen LogP contribution >= 0.6 is 0 Å². The summed E-state index contributed by atoms with van der Waals surface area (Å²) >= 11 is 0. The van der Waals surface area contributed by atoms with Crippen LogP contribution in [0.5, 0.6) is 0 Å². The van der Waals surface area contributed by atoms with Crippen molar-refractivity contribution < 1.29 is 33.9 Å². The number of nitrogens with zero attached hydrogens (tertiary/aromatic N) is 4. The van der Waals surface area contributed by atoms with E-state index in [1.807, 2.05) is 74.5 Å². The van der Waals surface area contributed by atoms with Gasteiger partial charge in [0.25, 0.3) is 11.8 Å². The molecule has 0 radical (unpaired) electrons. The predicted molar refractivity (Wildman–Crippen MR) is 239 cm³/mol. The highest BCUT2D eigenvalue weighted by molar-refractivity contribution is 6.58. The first-order valence-corrected chi connectivity index (χ1v) is 21.2. The van der Waals surface area contributed by atoms with Gasteiger partial charge in [-0.1, -0.05) is 102 Å². The number of hydrogen-bond donors (Lipinski definition) is 6. The third-order valence-electron chi connectivity index (χ3n) is 10.3. The summed E-state index contributed by atoms with van der Waals surface area (Å²) in [6.45, 7) is 16.6. The fourth-order valence-electron chi connectivity index (χ4n) is 7.86. The minimum absolute atomic E-state index is 0.0362. The Kier molecular flexibility index (Phi) is 18.3. The Morgan fingerprint density at radius 1 is 0.645 bits per heavy atom. The van der Waals surface area contributed by atoms with Gasteiger partial charge in [0.2, 0.25) is 23.5 Å². The summed E-state index contributed by atoms with van der Waals surface area (Å²) in [7, 11) is -1.70. The molecule has 1 fully saturated rings. The Hall–Kier alpha value is -5.51. The summed E-state index contributed by atoms with van der Waals surface area (Å²) in [5, 5.41) is 30.4. The largest absolute Gasteiger partial charge is 0.475 e. The van der Waals surface area contributed by atoms with Crippen LogP contribution in [0.15, 0.2) is 97.6 Å². The molecule has 1 aliphatic heterocycles. The van der Waals surface area contributed by atoms with E-state index in [2.05, 4.69) is 82.7 Å². The van der Waals surface area contributed by atoms with Crippen molar-refractivity contribution in [2.45, 2.75) is 122 Å². The second-order valence-corrected chi connectivity index (χ2v) is 17.9. The lowest BCUT2D eigenvalue weighted by Crippen LogP contribution is -2.56. The first-order valence-electron chi connectivity index (χ1n) is 21.2. The van der Waals surface area contributed by atoms with Crippen molar-refractivity contribution in [3.63, 3.8) is 0 Å². The van der Waals surface area contributed by atoms with Gasteiger partial charge in [-0.15, -0.1) is 0 Å². The second kappa shape index (κ2) is 23.1. The van der Waals surface area contributed by atoms with Crippen molar-refractivity contribution in [2.75, 3.05) is 0 Å². The topological polar surface area (TPSA) is 218 Å². The molecule has 4 atom stereocenters. The van der Waals surface area contributed by atoms with Crippen molar-refractivity contribution in [1.82, 2.24) is 41.2 Å². The fraction of sp³-hybridized carbons (Fsp3) is 0.467. The standard InChI is InChI=1S/C26H37BN4O3.C19H25BN4O4/c1-18(2)15-21(27-25(3,4)17-26(5,6)34-27)31-23(32)20(16-19-11-8-7-9-12-19)30-24(33)22-28-13-10-14-29-22;1-13(2)11-16(20(27)28)24-18(25)15(12-14-7-4-3-5-8-14)23-19(26)17-21-9-6-10-22-17/h7-14,18,20-21H,15-17H2,1-6H3,(H,30,33)(H,31,32);3-10,13,15-16,27-28H,11-12H2,1-2H3,(H,23,26)(H,24,25)/t20-,21-;15-,16-/m00/s1. The van der Waals surface area contributed by atoms with Gasteiger partial charge in [-0.05, 0) is 73.5 Å². The minimum atomic E-state index is -1.70. The summed E-state index contributed by atoms with van der Waals surface area (Å²) < 4.78 is 6.45. The third kappa shape index (κ3) is 15.8. The quantitative estimate of drug-likeness (QED) is 0.0780. The Morgan fingerprint density at radius 3 is 1.44 bits per heavy atom. The summed E-state index contributed by atoms with van der Waals surface area (Å²) in [4.78, 5) is 67.5. The highest BCUT2D eigenvalue weighted by atomic mass is 16.5. The lowest BCUT2D eigenvalue weighted by atomic mass is 9.42. The Bertz CT molecular complexity index is 2010. The summed E-state index contributed by atoms with van der Waals surface area (Å²) in [6, 6.07) is 20.4. The monoisotopic (exact) mass is 848 g/mol. The summed E-state index contributed by atoms with van der Waals surface area (Å²) in [5.41, 5.74) is 1.55. The van der Waals surface area contributed by atoms with Crippen LogP contribution in [0.2, 0.25) is 5.31 Å². The van der Waals surface area contributed by atoms with Crippen molar-refractivity contribution in [1.29, 1.82) is 0 Å². The van der Waals surface area contributed by atoms with Crippen LogP contribution in [-0.2, 0) is 27.1 Å². The lowest BCUT2D eigenvalue weighted by molar-refractivity contribution is -0.124. The van der Waals surface area contributed by atoms with Crippen LogP contribution in [0.4, 0.5) is 0 Å². The van der Waals surface area contributed by atoms with Crippen LogP contribution in [-0.4, -0.2) is 97.2 Å². The van der Waals surface area contributed by atoms with Gasteiger partial charge < -0.3 is 36.0 Å². The fourth-order valence-corrected chi connectivity index (χ4v) is 7.86. The number of aromatic nitrogens is 4. The van der Waals surface area contributed by atoms with Crippen LogP contribution < -0.4 is 21.3 Å². The summed E-state index contributed by atoms with van der Waals surface area (Å²) in [5.74, 6) is -2.31. The Morgan fingerprint density at radius 2 is 1.06 bits per heavy atom. The number of nitrogens with one attached hydrogen (secondary N) is 4. The zero-order chi connectivity index (χ0) is 45.5. The molecule has 15 nitrogen and oxygen atoms in total. The molecule has 4 aromatic rings. The normalized spacial score (nSPS) is 15.9.